The van der Waals surface area contributed by atoms with Gasteiger partial charge in [-0.05, 0) is 68.5 Å². The van der Waals surface area contributed by atoms with Gasteiger partial charge in [-0.2, -0.15) is 0 Å². The second-order valence-electron chi connectivity index (χ2n) is 9.61. The van der Waals surface area contributed by atoms with Gasteiger partial charge in [0.1, 0.15) is 0 Å². The molecule has 1 amide bonds. The van der Waals surface area contributed by atoms with Gasteiger partial charge >= 0.3 is 0 Å². The van der Waals surface area contributed by atoms with Gasteiger partial charge in [0.2, 0.25) is 0 Å². The van der Waals surface area contributed by atoms with Crippen molar-refractivity contribution in [3.05, 3.63) is 53.6 Å². The quantitative estimate of drug-likeness (QED) is 0.551. The van der Waals surface area contributed by atoms with Crippen molar-refractivity contribution in [3.8, 4) is 0 Å². The first-order valence-electron chi connectivity index (χ1n) is 12.4. The van der Waals surface area contributed by atoms with Crippen molar-refractivity contribution in [2.45, 2.75) is 62.8 Å². The van der Waals surface area contributed by atoms with Crippen LogP contribution in [0.1, 0.15) is 67.8 Å². The van der Waals surface area contributed by atoms with E-state index in [-0.39, 0.29) is 16.8 Å². The van der Waals surface area contributed by atoms with Crippen molar-refractivity contribution in [2.75, 3.05) is 35.8 Å². The van der Waals surface area contributed by atoms with E-state index < -0.39 is 10.0 Å². The molecular weight excluding hydrogens is 448 g/mol. The number of benzene rings is 2. The highest BCUT2D eigenvalue weighted by atomic mass is 32.2. The summed E-state index contributed by atoms with van der Waals surface area (Å²) in [6.45, 7) is 7.09. The van der Waals surface area contributed by atoms with Crippen LogP contribution in [0.5, 0.6) is 0 Å². The molecule has 2 aromatic carbocycles. The second kappa shape index (κ2) is 10.8. The van der Waals surface area contributed by atoms with Gasteiger partial charge in [-0.3, -0.25) is 9.52 Å². The van der Waals surface area contributed by atoms with Gasteiger partial charge in [0, 0.05) is 43.6 Å². The minimum Gasteiger partial charge on any atom is -0.368 e. The van der Waals surface area contributed by atoms with Crippen LogP contribution < -0.4 is 20.3 Å². The Bertz CT molecular complexity index is 1090. The van der Waals surface area contributed by atoms with Gasteiger partial charge in [-0.25, -0.2) is 8.42 Å². The Morgan fingerprint density at radius 2 is 1.68 bits per heavy atom. The molecule has 2 aliphatic rings. The number of rotatable bonds is 7. The summed E-state index contributed by atoms with van der Waals surface area (Å²) in [6, 6.07) is 12.5. The van der Waals surface area contributed by atoms with E-state index in [1.54, 1.807) is 24.3 Å². The highest BCUT2D eigenvalue weighted by Crippen LogP contribution is 2.33. The summed E-state index contributed by atoms with van der Waals surface area (Å²) in [7, 11) is -3.77. The molecule has 0 aromatic heterocycles. The molecule has 7 nitrogen and oxygen atoms in total. The average molecular weight is 485 g/mol. The van der Waals surface area contributed by atoms with Gasteiger partial charge in [-0.15, -0.1) is 0 Å². The first-order chi connectivity index (χ1) is 16.3. The van der Waals surface area contributed by atoms with E-state index in [0.29, 0.717) is 17.2 Å². The van der Waals surface area contributed by atoms with Gasteiger partial charge in [0.25, 0.3) is 15.9 Å². The molecule has 0 atom stereocenters. The Morgan fingerprint density at radius 1 is 1.00 bits per heavy atom. The van der Waals surface area contributed by atoms with E-state index in [1.807, 2.05) is 32.0 Å². The maximum Gasteiger partial charge on any atom is 0.261 e. The number of sulfonamides is 1. The van der Waals surface area contributed by atoms with Crippen molar-refractivity contribution in [2.24, 2.45) is 0 Å². The number of anilines is 2. The molecule has 0 unspecified atom stereocenters. The lowest BCUT2D eigenvalue weighted by Crippen LogP contribution is -2.44. The third-order valence-corrected chi connectivity index (χ3v) is 8.04. The number of hydrogen-bond acceptors (Lipinski definition) is 5. The molecule has 0 bridgehead atoms. The smallest absolute Gasteiger partial charge is 0.261 e. The maximum absolute atomic E-state index is 13.1. The first kappa shape index (κ1) is 24.5. The number of nitrogens with one attached hydrogen (secondary N) is 3. The summed E-state index contributed by atoms with van der Waals surface area (Å²) < 4.78 is 28.9. The molecule has 3 N–H and O–H groups in total. The largest absolute Gasteiger partial charge is 0.368 e. The van der Waals surface area contributed by atoms with Crippen LogP contribution in [0.25, 0.3) is 0 Å². The molecule has 34 heavy (non-hydrogen) atoms. The number of hydrogen-bond donors (Lipinski definition) is 3. The summed E-state index contributed by atoms with van der Waals surface area (Å²) >= 11 is 0. The standard InChI is InChI=1S/C26H36N4O3S/c1-19(2)28-26(31)24-18-22(10-13-25(24)30-16-14-27-15-17-30)29-34(32,33)23-11-8-21(9-12-23)20-6-4-3-5-7-20/h8-13,18-20,27,29H,3-7,14-17H2,1-2H3,(H,28,31). The summed E-state index contributed by atoms with van der Waals surface area (Å²) in [6.07, 6.45) is 6.11. The van der Waals surface area contributed by atoms with E-state index in [0.717, 1.165) is 31.9 Å². The lowest BCUT2D eigenvalue weighted by Gasteiger charge is -2.31. The molecule has 1 aliphatic carbocycles. The molecule has 1 saturated carbocycles. The van der Waals surface area contributed by atoms with E-state index in [4.69, 9.17) is 0 Å². The predicted octanol–water partition coefficient (Wildman–Crippen LogP) is 4.08. The van der Waals surface area contributed by atoms with Crippen molar-refractivity contribution < 1.29 is 13.2 Å². The fourth-order valence-corrected chi connectivity index (χ4v) is 5.92. The van der Waals surface area contributed by atoms with Crippen LogP contribution in [0.15, 0.2) is 47.4 Å². The number of carbonyl (C=O) groups is 1. The molecule has 1 aliphatic heterocycles. The first-order valence-corrected chi connectivity index (χ1v) is 13.8. The van der Waals surface area contributed by atoms with Crippen LogP contribution in [0.2, 0.25) is 0 Å². The number of piperazine rings is 1. The van der Waals surface area contributed by atoms with Crippen molar-refractivity contribution in [3.63, 3.8) is 0 Å². The normalized spacial score (nSPS) is 17.6. The number of amides is 1. The van der Waals surface area contributed by atoms with Crippen LogP contribution >= 0.6 is 0 Å². The van der Waals surface area contributed by atoms with Crippen molar-refractivity contribution in [1.82, 2.24) is 10.6 Å². The minimum atomic E-state index is -3.77. The van der Waals surface area contributed by atoms with Crippen LogP contribution in [0.4, 0.5) is 11.4 Å². The third kappa shape index (κ3) is 5.91. The maximum atomic E-state index is 13.1. The van der Waals surface area contributed by atoms with Crippen LogP contribution in [0, 0.1) is 0 Å². The molecule has 2 aromatic rings. The summed E-state index contributed by atoms with van der Waals surface area (Å²) in [5.41, 5.74) is 2.89. The van der Waals surface area contributed by atoms with E-state index >= 15 is 0 Å². The topological polar surface area (TPSA) is 90.5 Å². The zero-order valence-corrected chi connectivity index (χ0v) is 21.0. The molecular formula is C26H36N4O3S. The van der Waals surface area contributed by atoms with Crippen LogP contribution in [0.3, 0.4) is 0 Å². The molecule has 1 saturated heterocycles. The van der Waals surface area contributed by atoms with E-state index in [1.165, 1.54) is 37.7 Å². The van der Waals surface area contributed by atoms with Crippen molar-refractivity contribution >= 4 is 27.3 Å². The Labute approximate surface area is 203 Å². The van der Waals surface area contributed by atoms with E-state index in [9.17, 15) is 13.2 Å². The van der Waals surface area contributed by atoms with E-state index in [2.05, 4.69) is 20.3 Å². The molecule has 4 rings (SSSR count). The number of nitrogens with zero attached hydrogens (tertiary/aromatic N) is 1. The van der Waals surface area contributed by atoms with Crippen LogP contribution in [-0.4, -0.2) is 46.5 Å². The summed E-state index contributed by atoms with van der Waals surface area (Å²) in [5.74, 6) is 0.319. The lowest BCUT2D eigenvalue weighted by atomic mass is 9.84. The van der Waals surface area contributed by atoms with Gasteiger partial charge in [0.05, 0.1) is 10.5 Å². The lowest BCUT2D eigenvalue weighted by molar-refractivity contribution is 0.0943. The zero-order chi connectivity index (χ0) is 24.1. The second-order valence-corrected chi connectivity index (χ2v) is 11.3. The monoisotopic (exact) mass is 484 g/mol. The fourth-order valence-electron chi connectivity index (χ4n) is 4.87. The van der Waals surface area contributed by atoms with Gasteiger partial charge < -0.3 is 15.5 Å². The van der Waals surface area contributed by atoms with Crippen molar-refractivity contribution in [1.29, 1.82) is 0 Å². The third-order valence-electron chi connectivity index (χ3n) is 6.64. The van der Waals surface area contributed by atoms with Gasteiger partial charge in [0.15, 0.2) is 0 Å². The fraction of sp³-hybridized carbons (Fsp3) is 0.500. The molecule has 0 spiro atoms. The SMILES string of the molecule is CC(C)NC(=O)c1cc(NS(=O)(=O)c2ccc(C3CCCCC3)cc2)ccc1N1CCNCC1. The minimum absolute atomic E-state index is 0.0219. The number of carbonyl (C=O) groups excluding carboxylic acids is 1. The molecule has 0 radical (unpaired) electrons. The Hall–Kier alpha value is -2.58. The average Bonchev–Trinajstić information content (AvgIpc) is 2.84. The Morgan fingerprint density at radius 3 is 2.32 bits per heavy atom. The van der Waals surface area contributed by atoms with Crippen LogP contribution in [-0.2, 0) is 10.0 Å². The van der Waals surface area contributed by atoms with Gasteiger partial charge in [-0.1, -0.05) is 31.4 Å². The highest BCUT2D eigenvalue weighted by Gasteiger charge is 2.22. The molecule has 2 fully saturated rings. The molecule has 184 valence electrons. The molecule has 1 heterocycles. The summed E-state index contributed by atoms with van der Waals surface area (Å²) in [5, 5.41) is 6.26. The zero-order valence-electron chi connectivity index (χ0n) is 20.1. The summed E-state index contributed by atoms with van der Waals surface area (Å²) in [4.78, 5) is 15.4. The Balaban J connectivity index is 1.56. The Kier molecular flexibility index (Phi) is 7.78. The predicted molar refractivity (Wildman–Crippen MR) is 137 cm³/mol. The highest BCUT2D eigenvalue weighted by molar-refractivity contribution is 7.92. The molecule has 8 heteroatoms.